The van der Waals surface area contributed by atoms with Crippen LogP contribution < -0.4 is 0 Å². The second-order valence-electron chi connectivity index (χ2n) is 3.60. The van der Waals surface area contributed by atoms with E-state index in [4.69, 9.17) is 11.6 Å². The predicted molar refractivity (Wildman–Crippen MR) is 56.4 cm³/mol. The summed E-state index contributed by atoms with van der Waals surface area (Å²) in [7, 11) is 0. The minimum absolute atomic E-state index is 0.171. The van der Waals surface area contributed by atoms with E-state index in [1.165, 1.54) is 12.1 Å². The molecular formula is C11H6ClF5O2. The number of hydrogen-bond acceptors (Lipinski definition) is 2. The van der Waals surface area contributed by atoms with E-state index in [0.29, 0.717) is 0 Å². The van der Waals surface area contributed by atoms with Gasteiger partial charge in [-0.25, -0.2) is 0 Å². The van der Waals surface area contributed by atoms with Crippen LogP contribution in [0.1, 0.15) is 16.8 Å². The third-order valence-electron chi connectivity index (χ3n) is 2.19. The second-order valence-corrected chi connectivity index (χ2v) is 4.04. The molecule has 0 aliphatic carbocycles. The Labute approximate surface area is 109 Å². The summed E-state index contributed by atoms with van der Waals surface area (Å²) in [5, 5.41) is 0.253. The molecule has 0 saturated carbocycles. The maximum Gasteiger partial charge on any atom is 0.461 e. The van der Waals surface area contributed by atoms with Gasteiger partial charge >= 0.3 is 12.1 Å². The lowest BCUT2D eigenvalue weighted by atomic mass is 10.0. The summed E-state index contributed by atoms with van der Waals surface area (Å²) in [5.41, 5.74) is -0.171. The Morgan fingerprint density at radius 2 is 1.47 bits per heavy atom. The molecule has 0 radical (unpaired) electrons. The molecule has 104 valence electrons. The summed E-state index contributed by atoms with van der Waals surface area (Å²) in [4.78, 5) is 22.2. The predicted octanol–water partition coefficient (Wildman–Crippen LogP) is 3.68. The normalized spacial score (nSPS) is 12.3. The minimum atomic E-state index is -6.01. The van der Waals surface area contributed by atoms with Gasteiger partial charge in [0.05, 0.1) is 6.42 Å². The smallest absolute Gasteiger partial charge is 0.294 e. The molecule has 0 heterocycles. The number of carbonyl (C=O) groups excluding carboxylic acids is 2. The van der Waals surface area contributed by atoms with Crippen LogP contribution >= 0.6 is 11.6 Å². The number of alkyl halides is 5. The van der Waals surface area contributed by atoms with Crippen LogP contribution in [0.2, 0.25) is 5.02 Å². The molecule has 0 fully saturated rings. The number of benzene rings is 1. The summed E-state index contributed by atoms with van der Waals surface area (Å²) in [6.07, 6.45) is -7.54. The second kappa shape index (κ2) is 5.24. The molecule has 0 aliphatic rings. The number of halogens is 6. The van der Waals surface area contributed by atoms with E-state index in [0.717, 1.165) is 12.1 Å². The number of rotatable bonds is 4. The highest BCUT2D eigenvalue weighted by Gasteiger charge is 2.62. The maximum atomic E-state index is 12.6. The van der Waals surface area contributed by atoms with Crippen molar-refractivity contribution in [2.75, 3.05) is 0 Å². The van der Waals surface area contributed by atoms with E-state index < -0.39 is 30.1 Å². The molecule has 0 N–H and O–H groups in total. The average molecular weight is 301 g/mol. The van der Waals surface area contributed by atoms with Crippen LogP contribution in [0.4, 0.5) is 22.0 Å². The Bertz CT molecular complexity index is 493. The van der Waals surface area contributed by atoms with Crippen LogP contribution in [-0.4, -0.2) is 23.7 Å². The van der Waals surface area contributed by atoms with Crippen molar-refractivity contribution in [3.8, 4) is 0 Å². The molecule has 0 saturated heterocycles. The standard InChI is InChI=1S/C11H6ClF5O2/c12-7-3-1-6(2-4-7)8(18)5-9(19)10(13,14)11(15,16)17/h1-4H,5H2. The zero-order chi connectivity index (χ0) is 14.8. The van der Waals surface area contributed by atoms with Crippen LogP contribution in [0.3, 0.4) is 0 Å². The highest BCUT2D eigenvalue weighted by molar-refractivity contribution is 6.30. The topological polar surface area (TPSA) is 34.1 Å². The molecule has 0 bridgehead atoms. The Morgan fingerprint density at radius 1 is 1.00 bits per heavy atom. The third kappa shape index (κ3) is 3.50. The Hall–Kier alpha value is -1.50. The molecule has 0 unspecified atom stereocenters. The van der Waals surface area contributed by atoms with Crippen molar-refractivity contribution in [3.05, 3.63) is 34.9 Å². The quantitative estimate of drug-likeness (QED) is 0.483. The molecule has 8 heteroatoms. The van der Waals surface area contributed by atoms with Crippen molar-refractivity contribution in [3.63, 3.8) is 0 Å². The van der Waals surface area contributed by atoms with Gasteiger partial charge in [0.25, 0.3) is 0 Å². The maximum absolute atomic E-state index is 12.6. The van der Waals surface area contributed by atoms with Crippen molar-refractivity contribution in [1.82, 2.24) is 0 Å². The van der Waals surface area contributed by atoms with Gasteiger partial charge in [-0.2, -0.15) is 22.0 Å². The van der Waals surface area contributed by atoms with Gasteiger partial charge in [-0.3, -0.25) is 9.59 Å². The third-order valence-corrected chi connectivity index (χ3v) is 2.45. The molecule has 0 amide bonds. The molecule has 0 atom stereocenters. The van der Waals surface area contributed by atoms with Gasteiger partial charge in [0.15, 0.2) is 5.78 Å². The number of ketones is 2. The van der Waals surface area contributed by atoms with Crippen LogP contribution in [0.25, 0.3) is 0 Å². The zero-order valence-corrected chi connectivity index (χ0v) is 9.86. The molecule has 19 heavy (non-hydrogen) atoms. The molecule has 0 aliphatic heterocycles. The van der Waals surface area contributed by atoms with Crippen LogP contribution in [0.15, 0.2) is 24.3 Å². The number of Topliss-reactive ketones (excluding diaryl/α,β-unsaturated/α-hetero) is 2. The lowest BCUT2D eigenvalue weighted by Gasteiger charge is -2.17. The van der Waals surface area contributed by atoms with E-state index in [2.05, 4.69) is 0 Å². The van der Waals surface area contributed by atoms with Crippen molar-refractivity contribution >= 4 is 23.2 Å². The van der Waals surface area contributed by atoms with E-state index >= 15 is 0 Å². The number of hydrogen-bond donors (Lipinski definition) is 0. The van der Waals surface area contributed by atoms with Gasteiger partial charge in [0.1, 0.15) is 0 Å². The first-order chi connectivity index (χ1) is 8.55. The fraction of sp³-hybridized carbons (Fsp3) is 0.273. The van der Waals surface area contributed by atoms with Crippen molar-refractivity contribution < 1.29 is 31.5 Å². The molecule has 0 aromatic heterocycles. The summed E-state index contributed by atoms with van der Waals surface area (Å²) in [5.74, 6) is -9.15. The average Bonchev–Trinajstić information content (AvgIpc) is 2.28. The van der Waals surface area contributed by atoms with Gasteiger partial charge in [-0.15, -0.1) is 0 Å². The van der Waals surface area contributed by atoms with E-state index in [-0.39, 0.29) is 10.6 Å². The van der Waals surface area contributed by atoms with E-state index in [1.54, 1.807) is 0 Å². The Kier molecular flexibility index (Phi) is 4.29. The summed E-state index contributed by atoms with van der Waals surface area (Å²) in [6.45, 7) is 0. The van der Waals surface area contributed by atoms with E-state index in [9.17, 15) is 31.5 Å². The van der Waals surface area contributed by atoms with E-state index in [1.807, 2.05) is 0 Å². The van der Waals surface area contributed by atoms with Crippen LogP contribution in [-0.2, 0) is 4.79 Å². The first-order valence-electron chi connectivity index (χ1n) is 4.82. The lowest BCUT2D eigenvalue weighted by molar-refractivity contribution is -0.268. The first-order valence-corrected chi connectivity index (χ1v) is 5.20. The SMILES string of the molecule is O=C(CC(=O)C(F)(F)C(F)(F)F)c1ccc(Cl)cc1. The fourth-order valence-electron chi connectivity index (χ4n) is 1.15. The molecule has 2 nitrogen and oxygen atoms in total. The molecule has 0 spiro atoms. The molecule has 1 rings (SSSR count). The highest BCUT2D eigenvalue weighted by Crippen LogP contribution is 2.37. The zero-order valence-electron chi connectivity index (χ0n) is 9.10. The van der Waals surface area contributed by atoms with Gasteiger partial charge in [0, 0.05) is 10.6 Å². The summed E-state index contributed by atoms with van der Waals surface area (Å²) >= 11 is 5.51. The van der Waals surface area contributed by atoms with Crippen LogP contribution in [0.5, 0.6) is 0 Å². The van der Waals surface area contributed by atoms with Gasteiger partial charge < -0.3 is 0 Å². The largest absolute Gasteiger partial charge is 0.461 e. The first kappa shape index (κ1) is 15.6. The fourth-order valence-corrected chi connectivity index (χ4v) is 1.28. The Balaban J connectivity index is 2.83. The van der Waals surface area contributed by atoms with Crippen molar-refractivity contribution in [1.29, 1.82) is 0 Å². The molecule has 1 aromatic carbocycles. The summed E-state index contributed by atoms with van der Waals surface area (Å²) in [6, 6.07) is 4.76. The summed E-state index contributed by atoms with van der Waals surface area (Å²) < 4.78 is 60.9. The Morgan fingerprint density at radius 3 is 1.89 bits per heavy atom. The van der Waals surface area contributed by atoms with Gasteiger partial charge in [-0.05, 0) is 24.3 Å². The van der Waals surface area contributed by atoms with Crippen LogP contribution in [0, 0.1) is 0 Å². The van der Waals surface area contributed by atoms with Gasteiger partial charge in [0.2, 0.25) is 5.78 Å². The molecule has 1 aromatic rings. The highest BCUT2D eigenvalue weighted by atomic mass is 35.5. The molecular weight excluding hydrogens is 295 g/mol. The number of carbonyl (C=O) groups is 2. The lowest BCUT2D eigenvalue weighted by Crippen LogP contribution is -2.44. The van der Waals surface area contributed by atoms with Gasteiger partial charge in [-0.1, -0.05) is 11.6 Å². The minimum Gasteiger partial charge on any atom is -0.294 e. The monoisotopic (exact) mass is 300 g/mol. The van der Waals surface area contributed by atoms with Crippen molar-refractivity contribution in [2.45, 2.75) is 18.5 Å². The van der Waals surface area contributed by atoms with Crippen molar-refractivity contribution in [2.24, 2.45) is 0 Å².